The molecule has 1 saturated heterocycles. The fourth-order valence-electron chi connectivity index (χ4n) is 4.80. The van der Waals surface area contributed by atoms with Gasteiger partial charge in [-0.15, -0.1) is 0 Å². The van der Waals surface area contributed by atoms with Crippen LogP contribution in [-0.4, -0.2) is 59.2 Å². The van der Waals surface area contributed by atoms with Crippen molar-refractivity contribution in [1.29, 1.82) is 0 Å². The van der Waals surface area contributed by atoms with Crippen molar-refractivity contribution in [3.8, 4) is 5.75 Å². The normalized spacial score (nSPS) is 25.4. The van der Waals surface area contributed by atoms with E-state index in [-0.39, 0.29) is 12.1 Å². The first-order valence-electron chi connectivity index (χ1n) is 11.4. The van der Waals surface area contributed by atoms with Crippen molar-refractivity contribution in [3.63, 3.8) is 0 Å². The number of rotatable bonds is 5. The van der Waals surface area contributed by atoms with E-state index in [1.807, 2.05) is 11.1 Å². The van der Waals surface area contributed by atoms with Crippen LogP contribution in [0.15, 0.2) is 24.4 Å². The van der Waals surface area contributed by atoms with E-state index in [9.17, 15) is 4.79 Å². The summed E-state index contributed by atoms with van der Waals surface area (Å²) in [4.78, 5) is 14.7. The van der Waals surface area contributed by atoms with E-state index in [1.165, 1.54) is 0 Å². The largest absolute Gasteiger partial charge is 0.490 e. The fourth-order valence-corrected chi connectivity index (χ4v) is 4.80. The summed E-state index contributed by atoms with van der Waals surface area (Å²) in [5.41, 5.74) is 1.15. The monoisotopic (exact) mass is 412 g/mol. The fraction of sp³-hybridized carbons (Fsp3) is 0.652. The van der Waals surface area contributed by atoms with E-state index in [2.05, 4.69) is 33.3 Å². The minimum atomic E-state index is 0.0847. The molecule has 3 aliphatic rings. The van der Waals surface area contributed by atoms with Gasteiger partial charge in [0, 0.05) is 31.6 Å². The molecule has 0 unspecified atom stereocenters. The van der Waals surface area contributed by atoms with Gasteiger partial charge in [-0.3, -0.25) is 4.68 Å². The number of amides is 2. The van der Waals surface area contributed by atoms with Crippen LogP contribution in [0, 0.1) is 0 Å². The number of hydrogen-bond acceptors (Lipinski definition) is 4. The van der Waals surface area contributed by atoms with Crippen molar-refractivity contribution in [1.82, 2.24) is 20.0 Å². The van der Waals surface area contributed by atoms with Crippen LogP contribution >= 0.6 is 0 Å². The van der Waals surface area contributed by atoms with Gasteiger partial charge in [-0.1, -0.05) is 0 Å². The van der Waals surface area contributed by atoms with Crippen LogP contribution in [-0.2, 0) is 4.74 Å². The van der Waals surface area contributed by atoms with Crippen LogP contribution < -0.4 is 10.1 Å². The maximum absolute atomic E-state index is 12.7. The van der Waals surface area contributed by atoms with Crippen molar-refractivity contribution in [3.05, 3.63) is 24.4 Å². The van der Waals surface area contributed by atoms with Crippen LogP contribution in [0.25, 0.3) is 10.9 Å². The van der Waals surface area contributed by atoms with E-state index < -0.39 is 0 Å². The summed E-state index contributed by atoms with van der Waals surface area (Å²) in [5, 5.41) is 9.02. The van der Waals surface area contributed by atoms with E-state index in [1.54, 1.807) is 7.11 Å². The molecule has 3 fully saturated rings. The number of carbonyl (C=O) groups excluding carboxylic acids is 1. The second kappa shape index (κ2) is 8.46. The summed E-state index contributed by atoms with van der Waals surface area (Å²) in [6.07, 6.45) is 11.0. The predicted octanol–water partition coefficient (Wildman–Crippen LogP) is 3.88. The maximum Gasteiger partial charge on any atom is 0.317 e. The summed E-state index contributed by atoms with van der Waals surface area (Å²) in [6.45, 7) is 1.54. The predicted molar refractivity (Wildman–Crippen MR) is 115 cm³/mol. The highest BCUT2D eigenvalue weighted by Crippen LogP contribution is 2.31. The third kappa shape index (κ3) is 4.26. The molecule has 30 heavy (non-hydrogen) atoms. The number of nitrogens with zero attached hydrogens (tertiary/aromatic N) is 3. The Hall–Kier alpha value is -2.28. The number of aromatic nitrogens is 2. The zero-order valence-corrected chi connectivity index (χ0v) is 17.8. The molecule has 2 heterocycles. The third-order valence-electron chi connectivity index (χ3n) is 6.83. The average molecular weight is 413 g/mol. The first kappa shape index (κ1) is 19.7. The lowest BCUT2D eigenvalue weighted by molar-refractivity contribution is 0.0624. The Labute approximate surface area is 177 Å². The van der Waals surface area contributed by atoms with Gasteiger partial charge in [0.25, 0.3) is 0 Å². The van der Waals surface area contributed by atoms with Gasteiger partial charge >= 0.3 is 6.03 Å². The van der Waals surface area contributed by atoms with Crippen molar-refractivity contribution in [2.24, 2.45) is 0 Å². The summed E-state index contributed by atoms with van der Waals surface area (Å²) < 4.78 is 13.5. The Morgan fingerprint density at radius 2 is 1.77 bits per heavy atom. The third-order valence-corrected chi connectivity index (χ3v) is 6.83. The standard InChI is InChI=1S/C23H32N4O3/c1-29-19-4-2-17(3-5-19)25-23(28)26-12-10-18(11-13-26)27-22-9-8-21(30-20-6-7-20)14-16(22)15-24-27/h8-9,14-15,17-20H,2-7,10-13H2,1H3,(H,25,28)/t17-,19-. The molecule has 0 radical (unpaired) electrons. The van der Waals surface area contributed by atoms with Crippen LogP contribution in [0.3, 0.4) is 0 Å². The Morgan fingerprint density at radius 3 is 2.47 bits per heavy atom. The smallest absolute Gasteiger partial charge is 0.317 e. The number of urea groups is 1. The number of hydrogen-bond donors (Lipinski definition) is 1. The quantitative estimate of drug-likeness (QED) is 0.809. The molecular formula is C23H32N4O3. The molecule has 1 aromatic carbocycles. The van der Waals surface area contributed by atoms with Gasteiger partial charge in [0.1, 0.15) is 5.75 Å². The lowest BCUT2D eigenvalue weighted by atomic mass is 9.93. The van der Waals surface area contributed by atoms with Crippen LogP contribution in [0.2, 0.25) is 0 Å². The van der Waals surface area contributed by atoms with E-state index in [0.717, 1.165) is 81.1 Å². The SMILES string of the molecule is CO[C@H]1CC[C@H](NC(=O)N2CCC(n3ncc4cc(OC5CC5)ccc43)CC2)CC1. The molecule has 7 heteroatoms. The van der Waals surface area contributed by atoms with Crippen molar-refractivity contribution >= 4 is 16.9 Å². The summed E-state index contributed by atoms with van der Waals surface area (Å²) >= 11 is 0. The maximum atomic E-state index is 12.7. The highest BCUT2D eigenvalue weighted by molar-refractivity contribution is 5.80. The van der Waals surface area contributed by atoms with Crippen molar-refractivity contribution in [2.75, 3.05) is 20.2 Å². The Balaban J connectivity index is 1.15. The lowest BCUT2D eigenvalue weighted by Crippen LogP contribution is -2.49. The zero-order chi connectivity index (χ0) is 20.5. The molecule has 162 valence electrons. The molecule has 2 saturated carbocycles. The molecular weight excluding hydrogens is 380 g/mol. The molecule has 0 spiro atoms. The first-order valence-corrected chi connectivity index (χ1v) is 11.4. The van der Waals surface area contributed by atoms with Gasteiger partial charge in [-0.25, -0.2) is 4.79 Å². The number of fused-ring (bicyclic) bond motifs is 1. The van der Waals surface area contributed by atoms with Crippen molar-refractivity contribution in [2.45, 2.75) is 75.7 Å². The number of ether oxygens (including phenoxy) is 2. The summed E-state index contributed by atoms with van der Waals surface area (Å²) in [7, 11) is 1.78. The molecule has 2 amide bonds. The van der Waals surface area contributed by atoms with Gasteiger partial charge in [0.2, 0.25) is 0 Å². The van der Waals surface area contributed by atoms with Crippen LogP contribution in [0.1, 0.15) is 57.4 Å². The molecule has 1 aliphatic heterocycles. The van der Waals surface area contributed by atoms with Gasteiger partial charge in [0.05, 0.1) is 30.0 Å². The highest BCUT2D eigenvalue weighted by atomic mass is 16.5. The van der Waals surface area contributed by atoms with E-state index in [0.29, 0.717) is 18.2 Å². The highest BCUT2D eigenvalue weighted by Gasteiger charge is 2.28. The molecule has 0 atom stereocenters. The van der Waals surface area contributed by atoms with E-state index >= 15 is 0 Å². The topological polar surface area (TPSA) is 68.6 Å². The Morgan fingerprint density at radius 1 is 1.03 bits per heavy atom. The van der Waals surface area contributed by atoms with E-state index in [4.69, 9.17) is 9.47 Å². The summed E-state index contributed by atoms with van der Waals surface area (Å²) in [5.74, 6) is 0.940. The lowest BCUT2D eigenvalue weighted by Gasteiger charge is -2.35. The molecule has 1 N–H and O–H groups in total. The molecule has 2 aromatic rings. The molecule has 1 aromatic heterocycles. The Kier molecular flexibility index (Phi) is 5.54. The zero-order valence-electron chi connectivity index (χ0n) is 17.8. The van der Waals surface area contributed by atoms with Gasteiger partial charge in [-0.2, -0.15) is 5.10 Å². The second-order valence-electron chi connectivity index (χ2n) is 9.00. The molecule has 2 aliphatic carbocycles. The summed E-state index contributed by atoms with van der Waals surface area (Å²) in [6, 6.07) is 6.97. The molecule has 7 nitrogen and oxygen atoms in total. The number of likely N-dealkylation sites (tertiary alicyclic amines) is 1. The number of methoxy groups -OCH3 is 1. The van der Waals surface area contributed by atoms with Gasteiger partial charge in [-0.05, 0) is 69.6 Å². The first-order chi connectivity index (χ1) is 14.7. The minimum Gasteiger partial charge on any atom is -0.490 e. The number of piperidine rings is 1. The van der Waals surface area contributed by atoms with Gasteiger partial charge in [0.15, 0.2) is 0 Å². The van der Waals surface area contributed by atoms with Crippen LogP contribution in [0.5, 0.6) is 5.75 Å². The number of benzene rings is 1. The molecule has 5 rings (SSSR count). The number of nitrogens with one attached hydrogen (secondary N) is 1. The average Bonchev–Trinajstić information content (AvgIpc) is 3.50. The van der Waals surface area contributed by atoms with Crippen LogP contribution in [0.4, 0.5) is 4.79 Å². The second-order valence-corrected chi connectivity index (χ2v) is 9.00. The number of carbonyl (C=O) groups is 1. The van der Waals surface area contributed by atoms with Crippen molar-refractivity contribution < 1.29 is 14.3 Å². The Bertz CT molecular complexity index is 878. The minimum absolute atomic E-state index is 0.0847. The van der Waals surface area contributed by atoms with Gasteiger partial charge < -0.3 is 19.7 Å². The molecule has 0 bridgehead atoms.